The van der Waals surface area contributed by atoms with Crippen molar-refractivity contribution < 1.29 is 4.74 Å². The molecule has 76 valence electrons. The van der Waals surface area contributed by atoms with E-state index >= 15 is 0 Å². The Morgan fingerprint density at radius 2 is 2.21 bits per heavy atom. The van der Waals surface area contributed by atoms with Crippen molar-refractivity contribution in [1.82, 2.24) is 0 Å². The molecule has 0 heterocycles. The Morgan fingerprint density at radius 1 is 1.57 bits per heavy atom. The molecule has 0 aliphatic heterocycles. The number of amidine groups is 1. The zero-order valence-electron chi connectivity index (χ0n) is 7.96. The molecule has 0 radical (unpaired) electrons. The Kier molecular flexibility index (Phi) is 3.92. The highest BCUT2D eigenvalue weighted by Crippen LogP contribution is 2.16. The molecule has 1 aromatic rings. The maximum absolute atomic E-state index is 7.14. The molecule has 0 aromatic heterocycles. The van der Waals surface area contributed by atoms with Crippen LogP contribution in [0.1, 0.15) is 12.5 Å². The lowest BCUT2D eigenvalue weighted by molar-refractivity contribution is 0.0949. The summed E-state index contributed by atoms with van der Waals surface area (Å²) < 4.78 is 5.34. The largest absolute Gasteiger partial charge is 0.385 e. The van der Waals surface area contributed by atoms with E-state index in [1.807, 2.05) is 18.2 Å². The van der Waals surface area contributed by atoms with Crippen molar-refractivity contribution in [3.63, 3.8) is 0 Å². The highest BCUT2D eigenvalue weighted by Gasteiger charge is 2.06. The van der Waals surface area contributed by atoms with Crippen LogP contribution in [0.15, 0.2) is 24.3 Å². The molecular formula is C10H13ClN2O. The number of hydrogen-bond acceptors (Lipinski definition) is 2. The van der Waals surface area contributed by atoms with Gasteiger partial charge in [0.15, 0.2) is 0 Å². The van der Waals surface area contributed by atoms with Crippen molar-refractivity contribution >= 4 is 17.4 Å². The molecule has 1 aromatic carbocycles. The van der Waals surface area contributed by atoms with Crippen molar-refractivity contribution in [3.8, 4) is 0 Å². The first-order valence-corrected chi connectivity index (χ1v) is 4.68. The summed E-state index contributed by atoms with van der Waals surface area (Å²) in [6.07, 6.45) is -0.369. The highest BCUT2D eigenvalue weighted by atomic mass is 35.5. The highest BCUT2D eigenvalue weighted by molar-refractivity contribution is 6.31. The second-order valence-electron chi connectivity index (χ2n) is 3.00. The molecule has 0 saturated carbocycles. The van der Waals surface area contributed by atoms with Gasteiger partial charge in [-0.05, 0) is 18.6 Å². The Balaban J connectivity index is 2.54. The Bertz CT molecular complexity index is 328. The summed E-state index contributed by atoms with van der Waals surface area (Å²) in [5, 5.41) is 7.81. The average molecular weight is 213 g/mol. The van der Waals surface area contributed by atoms with E-state index in [1.165, 1.54) is 0 Å². The number of nitrogens with two attached hydrogens (primary N) is 1. The predicted octanol–water partition coefficient (Wildman–Crippen LogP) is 2.18. The summed E-state index contributed by atoms with van der Waals surface area (Å²) in [4.78, 5) is 0. The minimum atomic E-state index is -0.369. The minimum Gasteiger partial charge on any atom is -0.385 e. The van der Waals surface area contributed by atoms with Crippen LogP contribution in [0.5, 0.6) is 0 Å². The molecule has 0 aliphatic carbocycles. The van der Waals surface area contributed by atoms with Crippen molar-refractivity contribution in [2.24, 2.45) is 5.73 Å². The second-order valence-corrected chi connectivity index (χ2v) is 3.41. The van der Waals surface area contributed by atoms with Crippen LogP contribution in [0.25, 0.3) is 0 Å². The van der Waals surface area contributed by atoms with Gasteiger partial charge in [0.1, 0.15) is 11.9 Å². The second kappa shape index (κ2) is 4.98. The van der Waals surface area contributed by atoms with Crippen molar-refractivity contribution in [2.75, 3.05) is 0 Å². The Morgan fingerprint density at radius 3 is 2.79 bits per heavy atom. The van der Waals surface area contributed by atoms with Crippen LogP contribution in [-0.4, -0.2) is 11.9 Å². The predicted molar refractivity (Wildman–Crippen MR) is 57.6 cm³/mol. The standard InChI is InChI=1S/C10H13ClN2O/c1-7(10(12)13)14-6-8-4-2-3-5-9(8)11/h2-5,7H,6H2,1H3,(H3,12,13). The third-order valence-corrected chi connectivity index (χ3v) is 2.25. The molecule has 0 saturated heterocycles. The molecule has 0 bridgehead atoms. The number of nitrogens with one attached hydrogen (secondary N) is 1. The van der Waals surface area contributed by atoms with Gasteiger partial charge in [-0.1, -0.05) is 29.8 Å². The van der Waals surface area contributed by atoms with Crippen molar-refractivity contribution in [1.29, 1.82) is 5.41 Å². The third-order valence-electron chi connectivity index (χ3n) is 1.88. The summed E-state index contributed by atoms with van der Waals surface area (Å²) in [6.45, 7) is 2.11. The Labute approximate surface area is 88.3 Å². The molecule has 1 rings (SSSR count). The van der Waals surface area contributed by atoms with Crippen molar-refractivity contribution in [2.45, 2.75) is 19.6 Å². The fourth-order valence-electron chi connectivity index (χ4n) is 0.920. The van der Waals surface area contributed by atoms with Crippen LogP contribution >= 0.6 is 11.6 Å². The van der Waals surface area contributed by atoms with Gasteiger partial charge in [0.05, 0.1) is 6.61 Å². The number of ether oxygens (including phenoxy) is 1. The summed E-state index contributed by atoms with van der Waals surface area (Å²) in [5.74, 6) is 0.0250. The van der Waals surface area contributed by atoms with Crippen LogP contribution in [-0.2, 0) is 11.3 Å². The molecule has 0 fully saturated rings. The minimum absolute atomic E-state index is 0.0250. The smallest absolute Gasteiger partial charge is 0.120 e. The molecule has 0 aliphatic rings. The van der Waals surface area contributed by atoms with Crippen molar-refractivity contribution in [3.05, 3.63) is 34.9 Å². The average Bonchev–Trinajstić information content (AvgIpc) is 2.16. The van der Waals surface area contributed by atoms with Crippen LogP contribution < -0.4 is 5.73 Å². The van der Waals surface area contributed by atoms with E-state index in [9.17, 15) is 0 Å². The fourth-order valence-corrected chi connectivity index (χ4v) is 1.11. The maximum Gasteiger partial charge on any atom is 0.120 e. The number of halogens is 1. The SMILES string of the molecule is CC(OCc1ccccc1Cl)C(=N)N. The topological polar surface area (TPSA) is 59.1 Å². The first-order valence-electron chi connectivity index (χ1n) is 4.30. The summed E-state index contributed by atoms with van der Waals surface area (Å²) in [5.41, 5.74) is 6.17. The number of hydrogen-bond donors (Lipinski definition) is 2. The Hall–Kier alpha value is -1.06. The first-order chi connectivity index (χ1) is 6.61. The van der Waals surface area contributed by atoms with Gasteiger partial charge in [-0.2, -0.15) is 0 Å². The molecule has 3 N–H and O–H groups in total. The normalized spacial score (nSPS) is 12.4. The first kappa shape index (κ1) is 11.0. The molecule has 0 amide bonds. The van der Waals surface area contributed by atoms with E-state index in [1.54, 1.807) is 13.0 Å². The molecule has 1 unspecified atom stereocenters. The van der Waals surface area contributed by atoms with E-state index in [4.69, 9.17) is 27.5 Å². The van der Waals surface area contributed by atoms with E-state index in [0.717, 1.165) is 5.56 Å². The van der Waals surface area contributed by atoms with Gasteiger partial charge in [0.2, 0.25) is 0 Å². The van der Waals surface area contributed by atoms with Gasteiger partial charge in [-0.25, -0.2) is 0 Å². The zero-order valence-corrected chi connectivity index (χ0v) is 8.71. The monoisotopic (exact) mass is 212 g/mol. The maximum atomic E-state index is 7.14. The van der Waals surface area contributed by atoms with Crippen LogP contribution in [0, 0.1) is 5.41 Å². The van der Waals surface area contributed by atoms with Gasteiger partial charge >= 0.3 is 0 Å². The van der Waals surface area contributed by atoms with Gasteiger partial charge < -0.3 is 10.5 Å². The quantitative estimate of drug-likeness (QED) is 0.594. The van der Waals surface area contributed by atoms with Gasteiger partial charge in [-0.3, -0.25) is 5.41 Å². The fraction of sp³-hybridized carbons (Fsp3) is 0.300. The number of rotatable bonds is 4. The van der Waals surface area contributed by atoms with E-state index in [-0.39, 0.29) is 11.9 Å². The lowest BCUT2D eigenvalue weighted by atomic mass is 10.2. The summed E-state index contributed by atoms with van der Waals surface area (Å²) in [6, 6.07) is 7.44. The number of benzene rings is 1. The molecule has 1 atom stereocenters. The summed E-state index contributed by atoms with van der Waals surface area (Å²) >= 11 is 5.92. The van der Waals surface area contributed by atoms with Crippen LogP contribution in [0.3, 0.4) is 0 Å². The molecule has 4 heteroatoms. The lowest BCUT2D eigenvalue weighted by Gasteiger charge is -2.11. The van der Waals surface area contributed by atoms with E-state index in [2.05, 4.69) is 0 Å². The molecular weight excluding hydrogens is 200 g/mol. The summed E-state index contributed by atoms with van der Waals surface area (Å²) in [7, 11) is 0. The van der Waals surface area contributed by atoms with E-state index in [0.29, 0.717) is 11.6 Å². The van der Waals surface area contributed by atoms with E-state index < -0.39 is 0 Å². The van der Waals surface area contributed by atoms with Gasteiger partial charge in [0.25, 0.3) is 0 Å². The van der Waals surface area contributed by atoms with Gasteiger partial charge in [0, 0.05) is 5.02 Å². The van der Waals surface area contributed by atoms with Crippen LogP contribution in [0.2, 0.25) is 5.02 Å². The lowest BCUT2D eigenvalue weighted by Crippen LogP contribution is -2.27. The third kappa shape index (κ3) is 3.01. The molecule has 3 nitrogen and oxygen atoms in total. The molecule has 0 spiro atoms. The van der Waals surface area contributed by atoms with Gasteiger partial charge in [-0.15, -0.1) is 0 Å². The molecule has 14 heavy (non-hydrogen) atoms. The zero-order chi connectivity index (χ0) is 10.6. The van der Waals surface area contributed by atoms with Crippen LogP contribution in [0.4, 0.5) is 0 Å².